The number of hydrogen-bond donors (Lipinski definition) is 1. The first-order valence-electron chi connectivity index (χ1n) is 4.85. The van der Waals surface area contributed by atoms with E-state index in [4.69, 9.17) is 0 Å². The molecule has 1 N–H and O–H groups in total. The summed E-state index contributed by atoms with van der Waals surface area (Å²) >= 11 is 0. The molecule has 1 aliphatic rings. The Kier molecular flexibility index (Phi) is 3.96. The molecular formula is C10H18N2O. The smallest absolute Gasteiger partial charge is 0.234 e. The highest BCUT2D eigenvalue weighted by atomic mass is 16.2. The van der Waals surface area contributed by atoms with Crippen LogP contribution in [-0.2, 0) is 4.79 Å². The van der Waals surface area contributed by atoms with Gasteiger partial charge in [-0.05, 0) is 20.3 Å². The lowest BCUT2D eigenvalue weighted by molar-refractivity contribution is -0.122. The fourth-order valence-electron chi connectivity index (χ4n) is 1.40. The van der Waals surface area contributed by atoms with Crippen molar-refractivity contribution in [2.24, 2.45) is 0 Å². The molecule has 0 bridgehead atoms. The van der Waals surface area contributed by atoms with E-state index in [0.717, 1.165) is 19.5 Å². The predicted octanol–water partition coefficient (Wildman–Crippen LogP) is 0.773. The maximum absolute atomic E-state index is 11.3. The molecule has 1 heterocycles. The molecular weight excluding hydrogens is 164 g/mol. The van der Waals surface area contributed by atoms with Gasteiger partial charge in [0, 0.05) is 19.1 Å². The first-order chi connectivity index (χ1) is 6.18. The Labute approximate surface area is 79.8 Å². The molecule has 0 unspecified atom stereocenters. The van der Waals surface area contributed by atoms with E-state index in [1.165, 1.54) is 0 Å². The summed E-state index contributed by atoms with van der Waals surface area (Å²) in [6.45, 7) is 6.40. The molecule has 0 aliphatic carbocycles. The van der Waals surface area contributed by atoms with Crippen LogP contribution in [0, 0.1) is 0 Å². The van der Waals surface area contributed by atoms with Gasteiger partial charge in [-0.15, -0.1) is 0 Å². The average Bonchev–Trinajstić information content (AvgIpc) is 2.04. The van der Waals surface area contributed by atoms with Crippen molar-refractivity contribution < 1.29 is 4.79 Å². The zero-order valence-electron chi connectivity index (χ0n) is 8.42. The highest BCUT2D eigenvalue weighted by Crippen LogP contribution is 1.99. The Morgan fingerprint density at radius 2 is 2.31 bits per heavy atom. The van der Waals surface area contributed by atoms with Gasteiger partial charge in [-0.1, -0.05) is 12.2 Å². The standard InChI is InChI=1S/C10H18N2O/c1-9(2)11-10(13)8-12-6-4-3-5-7-12/h3-4,9H,5-8H2,1-2H3,(H,11,13). The van der Waals surface area contributed by atoms with Crippen LogP contribution in [0.25, 0.3) is 0 Å². The molecule has 0 aromatic rings. The summed E-state index contributed by atoms with van der Waals surface area (Å²) < 4.78 is 0. The van der Waals surface area contributed by atoms with Gasteiger partial charge < -0.3 is 5.32 Å². The van der Waals surface area contributed by atoms with Gasteiger partial charge in [-0.25, -0.2) is 0 Å². The Hall–Kier alpha value is -0.830. The van der Waals surface area contributed by atoms with Crippen molar-refractivity contribution in [1.82, 2.24) is 10.2 Å². The minimum Gasteiger partial charge on any atom is -0.353 e. The second-order valence-corrected chi connectivity index (χ2v) is 3.72. The van der Waals surface area contributed by atoms with Crippen LogP contribution in [0.5, 0.6) is 0 Å². The van der Waals surface area contributed by atoms with Crippen molar-refractivity contribution in [3.8, 4) is 0 Å². The van der Waals surface area contributed by atoms with Gasteiger partial charge in [0.25, 0.3) is 0 Å². The zero-order chi connectivity index (χ0) is 9.68. The van der Waals surface area contributed by atoms with Crippen molar-refractivity contribution in [2.45, 2.75) is 26.3 Å². The van der Waals surface area contributed by atoms with Crippen LogP contribution in [0.1, 0.15) is 20.3 Å². The Bertz CT molecular complexity index is 199. The van der Waals surface area contributed by atoms with E-state index < -0.39 is 0 Å². The van der Waals surface area contributed by atoms with Gasteiger partial charge >= 0.3 is 0 Å². The fraction of sp³-hybridized carbons (Fsp3) is 0.700. The second-order valence-electron chi connectivity index (χ2n) is 3.72. The molecule has 0 spiro atoms. The number of nitrogens with zero attached hydrogens (tertiary/aromatic N) is 1. The van der Waals surface area contributed by atoms with E-state index in [-0.39, 0.29) is 11.9 Å². The molecule has 0 saturated heterocycles. The first kappa shape index (κ1) is 10.3. The quantitative estimate of drug-likeness (QED) is 0.654. The number of carbonyl (C=O) groups is 1. The lowest BCUT2D eigenvalue weighted by Gasteiger charge is -2.22. The highest BCUT2D eigenvalue weighted by molar-refractivity contribution is 5.78. The fourth-order valence-corrected chi connectivity index (χ4v) is 1.40. The Morgan fingerprint density at radius 3 is 2.85 bits per heavy atom. The molecule has 13 heavy (non-hydrogen) atoms. The average molecular weight is 182 g/mol. The number of amides is 1. The Morgan fingerprint density at radius 1 is 1.54 bits per heavy atom. The molecule has 1 rings (SSSR count). The molecule has 3 heteroatoms. The van der Waals surface area contributed by atoms with E-state index >= 15 is 0 Å². The van der Waals surface area contributed by atoms with Gasteiger partial charge in [0.15, 0.2) is 0 Å². The third-order valence-electron chi connectivity index (χ3n) is 1.96. The molecule has 74 valence electrons. The van der Waals surface area contributed by atoms with Crippen molar-refractivity contribution >= 4 is 5.91 Å². The maximum Gasteiger partial charge on any atom is 0.234 e. The molecule has 0 atom stereocenters. The SMILES string of the molecule is CC(C)NC(=O)CN1CC=CCC1. The van der Waals surface area contributed by atoms with Gasteiger partial charge in [-0.2, -0.15) is 0 Å². The molecule has 1 amide bonds. The van der Waals surface area contributed by atoms with Gasteiger partial charge in [0.1, 0.15) is 0 Å². The largest absolute Gasteiger partial charge is 0.353 e. The lowest BCUT2D eigenvalue weighted by atomic mass is 10.2. The van der Waals surface area contributed by atoms with Crippen LogP contribution < -0.4 is 5.32 Å². The van der Waals surface area contributed by atoms with Crippen LogP contribution in [0.15, 0.2) is 12.2 Å². The highest BCUT2D eigenvalue weighted by Gasteiger charge is 2.11. The van der Waals surface area contributed by atoms with Gasteiger partial charge in [-0.3, -0.25) is 9.69 Å². The number of rotatable bonds is 3. The maximum atomic E-state index is 11.3. The van der Waals surface area contributed by atoms with Crippen LogP contribution in [0.4, 0.5) is 0 Å². The third kappa shape index (κ3) is 4.08. The van der Waals surface area contributed by atoms with Crippen molar-refractivity contribution in [1.29, 1.82) is 0 Å². The summed E-state index contributed by atoms with van der Waals surface area (Å²) in [6.07, 6.45) is 5.35. The first-order valence-corrected chi connectivity index (χ1v) is 4.85. The van der Waals surface area contributed by atoms with E-state index in [1.807, 2.05) is 13.8 Å². The Balaban J connectivity index is 2.23. The lowest BCUT2D eigenvalue weighted by Crippen LogP contribution is -2.41. The third-order valence-corrected chi connectivity index (χ3v) is 1.96. The van der Waals surface area contributed by atoms with Crippen molar-refractivity contribution in [3.63, 3.8) is 0 Å². The van der Waals surface area contributed by atoms with E-state index in [1.54, 1.807) is 0 Å². The normalized spacial score (nSPS) is 17.8. The molecule has 0 fully saturated rings. The van der Waals surface area contributed by atoms with E-state index in [2.05, 4.69) is 22.4 Å². The zero-order valence-corrected chi connectivity index (χ0v) is 8.42. The van der Waals surface area contributed by atoms with Crippen LogP contribution in [-0.4, -0.2) is 36.5 Å². The summed E-state index contributed by atoms with van der Waals surface area (Å²) in [4.78, 5) is 13.5. The molecule has 3 nitrogen and oxygen atoms in total. The van der Waals surface area contributed by atoms with Crippen LogP contribution in [0.2, 0.25) is 0 Å². The van der Waals surface area contributed by atoms with Gasteiger partial charge in [0.05, 0.1) is 6.54 Å². The van der Waals surface area contributed by atoms with E-state index in [0.29, 0.717) is 6.54 Å². The minimum atomic E-state index is 0.130. The molecule has 0 radical (unpaired) electrons. The summed E-state index contributed by atoms with van der Waals surface area (Å²) in [5.41, 5.74) is 0. The van der Waals surface area contributed by atoms with Crippen molar-refractivity contribution in [2.75, 3.05) is 19.6 Å². The summed E-state index contributed by atoms with van der Waals surface area (Å²) in [7, 11) is 0. The van der Waals surface area contributed by atoms with Crippen molar-refractivity contribution in [3.05, 3.63) is 12.2 Å². The van der Waals surface area contributed by atoms with E-state index in [9.17, 15) is 4.79 Å². The van der Waals surface area contributed by atoms with Crippen LogP contribution in [0.3, 0.4) is 0 Å². The summed E-state index contributed by atoms with van der Waals surface area (Å²) in [6, 6.07) is 0.243. The second kappa shape index (κ2) is 5.02. The van der Waals surface area contributed by atoms with Crippen LogP contribution >= 0.6 is 0 Å². The minimum absolute atomic E-state index is 0.130. The summed E-state index contributed by atoms with van der Waals surface area (Å²) in [5.74, 6) is 0.130. The number of hydrogen-bond acceptors (Lipinski definition) is 2. The monoisotopic (exact) mass is 182 g/mol. The summed E-state index contributed by atoms with van der Waals surface area (Å²) in [5, 5.41) is 2.89. The number of nitrogens with one attached hydrogen (secondary N) is 1. The predicted molar refractivity (Wildman–Crippen MR) is 53.5 cm³/mol. The molecule has 1 aliphatic heterocycles. The van der Waals surface area contributed by atoms with Gasteiger partial charge in [0.2, 0.25) is 5.91 Å². The topological polar surface area (TPSA) is 32.3 Å². The number of carbonyl (C=O) groups excluding carboxylic acids is 1. The molecule has 0 aromatic heterocycles. The molecule has 0 aromatic carbocycles. The molecule has 0 saturated carbocycles.